The summed E-state index contributed by atoms with van der Waals surface area (Å²) in [7, 11) is 0. The van der Waals surface area contributed by atoms with Crippen LogP contribution in [0.4, 0.5) is 10.1 Å². The van der Waals surface area contributed by atoms with Crippen LogP contribution in [-0.2, 0) is 13.0 Å². The molecule has 1 aromatic heterocycles. The van der Waals surface area contributed by atoms with E-state index in [4.69, 9.17) is 11.6 Å². The van der Waals surface area contributed by atoms with Gasteiger partial charge in [0.1, 0.15) is 11.0 Å². The molecule has 18 heavy (non-hydrogen) atoms. The number of rotatable bonds is 1. The summed E-state index contributed by atoms with van der Waals surface area (Å²) in [5.41, 5.74) is 3.34. The summed E-state index contributed by atoms with van der Waals surface area (Å²) < 4.78 is 13.1. The molecule has 0 aliphatic carbocycles. The molecule has 1 aliphatic heterocycles. The van der Waals surface area contributed by atoms with Crippen molar-refractivity contribution in [3.63, 3.8) is 0 Å². The van der Waals surface area contributed by atoms with Gasteiger partial charge in [-0.3, -0.25) is 0 Å². The maximum absolute atomic E-state index is 13.1. The van der Waals surface area contributed by atoms with Gasteiger partial charge in [-0.2, -0.15) is 0 Å². The first-order chi connectivity index (χ1) is 8.72. The molecule has 0 fully saturated rings. The van der Waals surface area contributed by atoms with Gasteiger partial charge in [0.25, 0.3) is 0 Å². The highest BCUT2D eigenvalue weighted by Crippen LogP contribution is 2.25. The minimum atomic E-state index is -0.158. The average molecular weight is 263 g/mol. The standard InChI is InChI=1S/C14H12ClFN2/c15-14-8-13(3-5-17-14)18-6-4-10-7-12(16)2-1-11(10)9-18/h1-3,5,7-8H,4,6,9H2. The van der Waals surface area contributed by atoms with E-state index in [1.54, 1.807) is 12.3 Å². The minimum absolute atomic E-state index is 0.158. The normalized spacial score (nSPS) is 14.4. The van der Waals surface area contributed by atoms with E-state index >= 15 is 0 Å². The molecule has 0 saturated carbocycles. The van der Waals surface area contributed by atoms with Crippen LogP contribution in [0.15, 0.2) is 36.5 Å². The lowest BCUT2D eigenvalue weighted by Gasteiger charge is -2.30. The highest BCUT2D eigenvalue weighted by Gasteiger charge is 2.17. The monoisotopic (exact) mass is 262 g/mol. The van der Waals surface area contributed by atoms with Gasteiger partial charge in [-0.25, -0.2) is 9.37 Å². The number of hydrogen-bond donors (Lipinski definition) is 0. The molecule has 2 nitrogen and oxygen atoms in total. The molecule has 2 aromatic rings. The fourth-order valence-corrected chi connectivity index (χ4v) is 2.50. The first kappa shape index (κ1) is 11.5. The number of anilines is 1. The Morgan fingerprint density at radius 2 is 2.06 bits per heavy atom. The molecule has 0 amide bonds. The highest BCUT2D eigenvalue weighted by molar-refractivity contribution is 6.29. The van der Waals surface area contributed by atoms with E-state index in [-0.39, 0.29) is 5.82 Å². The number of hydrogen-bond acceptors (Lipinski definition) is 2. The third-order valence-corrected chi connectivity index (χ3v) is 3.46. The van der Waals surface area contributed by atoms with Crippen LogP contribution >= 0.6 is 11.6 Å². The second-order valence-electron chi connectivity index (χ2n) is 4.42. The second-order valence-corrected chi connectivity index (χ2v) is 4.81. The van der Waals surface area contributed by atoms with Crippen molar-refractivity contribution in [3.05, 3.63) is 58.6 Å². The Kier molecular flexibility index (Phi) is 2.92. The van der Waals surface area contributed by atoms with E-state index in [1.165, 1.54) is 11.6 Å². The van der Waals surface area contributed by atoms with Crippen LogP contribution in [0.3, 0.4) is 0 Å². The molecule has 0 unspecified atom stereocenters. The number of pyridine rings is 1. The van der Waals surface area contributed by atoms with Crippen LogP contribution in [0.1, 0.15) is 11.1 Å². The van der Waals surface area contributed by atoms with Crippen molar-refractivity contribution >= 4 is 17.3 Å². The van der Waals surface area contributed by atoms with Crippen LogP contribution in [0.5, 0.6) is 0 Å². The van der Waals surface area contributed by atoms with Gasteiger partial charge >= 0.3 is 0 Å². The van der Waals surface area contributed by atoms with Gasteiger partial charge in [-0.15, -0.1) is 0 Å². The smallest absolute Gasteiger partial charge is 0.131 e. The molecular weight excluding hydrogens is 251 g/mol. The molecule has 4 heteroatoms. The van der Waals surface area contributed by atoms with Gasteiger partial charge in [0.05, 0.1) is 0 Å². The first-order valence-corrected chi connectivity index (χ1v) is 6.24. The maximum atomic E-state index is 13.1. The fourth-order valence-electron chi connectivity index (χ4n) is 2.33. The van der Waals surface area contributed by atoms with E-state index in [2.05, 4.69) is 9.88 Å². The summed E-state index contributed by atoms with van der Waals surface area (Å²) in [5.74, 6) is -0.158. The molecular formula is C14H12ClFN2. The van der Waals surface area contributed by atoms with Crippen molar-refractivity contribution in [2.24, 2.45) is 0 Å². The van der Waals surface area contributed by atoms with Gasteiger partial charge in [0.15, 0.2) is 0 Å². The van der Waals surface area contributed by atoms with Gasteiger partial charge in [-0.05, 0) is 41.8 Å². The number of aromatic nitrogens is 1. The summed E-state index contributed by atoms with van der Waals surface area (Å²) in [5, 5.41) is 0.498. The van der Waals surface area contributed by atoms with Crippen molar-refractivity contribution in [1.29, 1.82) is 0 Å². The molecule has 1 aliphatic rings. The van der Waals surface area contributed by atoms with Crippen molar-refractivity contribution < 1.29 is 4.39 Å². The maximum Gasteiger partial charge on any atom is 0.131 e. The fraction of sp³-hybridized carbons (Fsp3) is 0.214. The van der Waals surface area contributed by atoms with E-state index in [1.807, 2.05) is 18.2 Å². The van der Waals surface area contributed by atoms with Crippen LogP contribution in [-0.4, -0.2) is 11.5 Å². The molecule has 0 radical (unpaired) electrons. The molecule has 0 spiro atoms. The van der Waals surface area contributed by atoms with E-state index in [0.29, 0.717) is 5.15 Å². The minimum Gasteiger partial charge on any atom is -0.367 e. The third kappa shape index (κ3) is 2.18. The van der Waals surface area contributed by atoms with E-state index in [9.17, 15) is 4.39 Å². The molecule has 0 saturated heterocycles. The van der Waals surface area contributed by atoms with Crippen LogP contribution in [0.2, 0.25) is 5.15 Å². The van der Waals surface area contributed by atoms with Crippen molar-refractivity contribution in [2.75, 3.05) is 11.4 Å². The molecule has 0 atom stereocenters. The van der Waals surface area contributed by atoms with Crippen LogP contribution in [0, 0.1) is 5.82 Å². The zero-order valence-electron chi connectivity index (χ0n) is 9.74. The summed E-state index contributed by atoms with van der Waals surface area (Å²) in [6.07, 6.45) is 2.56. The van der Waals surface area contributed by atoms with Gasteiger partial charge in [-0.1, -0.05) is 17.7 Å². The first-order valence-electron chi connectivity index (χ1n) is 5.86. The molecule has 92 valence electrons. The topological polar surface area (TPSA) is 16.1 Å². The zero-order chi connectivity index (χ0) is 12.5. The summed E-state index contributed by atoms with van der Waals surface area (Å²) >= 11 is 5.90. The van der Waals surface area contributed by atoms with E-state index in [0.717, 1.165) is 30.8 Å². The highest BCUT2D eigenvalue weighted by atomic mass is 35.5. The average Bonchev–Trinajstić information content (AvgIpc) is 2.38. The van der Waals surface area contributed by atoms with Crippen LogP contribution in [0.25, 0.3) is 0 Å². The van der Waals surface area contributed by atoms with Gasteiger partial charge < -0.3 is 4.90 Å². The molecule has 1 aromatic carbocycles. The predicted octanol–water partition coefficient (Wildman–Crippen LogP) is 3.44. The third-order valence-electron chi connectivity index (χ3n) is 3.26. The zero-order valence-corrected chi connectivity index (χ0v) is 10.5. The Morgan fingerprint density at radius 3 is 2.89 bits per heavy atom. The lowest BCUT2D eigenvalue weighted by atomic mass is 9.99. The number of benzene rings is 1. The lowest BCUT2D eigenvalue weighted by molar-refractivity contribution is 0.619. The summed E-state index contributed by atoms with van der Waals surface area (Å²) in [4.78, 5) is 6.21. The molecule has 2 heterocycles. The Hall–Kier alpha value is -1.61. The Labute approximate surface area is 110 Å². The van der Waals surface area contributed by atoms with Crippen molar-refractivity contribution in [1.82, 2.24) is 4.98 Å². The predicted molar refractivity (Wildman–Crippen MR) is 70.4 cm³/mol. The molecule has 0 bridgehead atoms. The number of halogens is 2. The lowest BCUT2D eigenvalue weighted by Crippen LogP contribution is -2.30. The van der Waals surface area contributed by atoms with Gasteiger partial charge in [0, 0.05) is 25.0 Å². The van der Waals surface area contributed by atoms with Crippen molar-refractivity contribution in [2.45, 2.75) is 13.0 Å². The Morgan fingerprint density at radius 1 is 1.17 bits per heavy atom. The quantitative estimate of drug-likeness (QED) is 0.732. The van der Waals surface area contributed by atoms with Crippen molar-refractivity contribution in [3.8, 4) is 0 Å². The molecule has 0 N–H and O–H groups in total. The van der Waals surface area contributed by atoms with E-state index < -0.39 is 0 Å². The largest absolute Gasteiger partial charge is 0.367 e. The van der Waals surface area contributed by atoms with Crippen LogP contribution < -0.4 is 4.90 Å². The SMILES string of the molecule is Fc1ccc2c(c1)CCN(c1ccnc(Cl)c1)C2. The summed E-state index contributed by atoms with van der Waals surface area (Å²) in [6.45, 7) is 1.66. The summed E-state index contributed by atoms with van der Waals surface area (Å²) in [6, 6.07) is 8.81. The molecule has 3 rings (SSSR count). The number of nitrogens with zero attached hydrogens (tertiary/aromatic N) is 2. The Bertz CT molecular complexity index is 586. The Balaban J connectivity index is 1.89. The number of fused-ring (bicyclic) bond motifs is 1. The second kappa shape index (κ2) is 4.58. The van der Waals surface area contributed by atoms with Gasteiger partial charge in [0.2, 0.25) is 0 Å².